The third kappa shape index (κ3) is 23.4. The number of rotatable bonds is 22. The molecule has 2 heteroatoms. The number of carboxylic acids is 1. The predicted octanol–water partition coefficient (Wildman–Crippen LogP) is 8.92. The maximum atomic E-state index is 10.6. The van der Waals surface area contributed by atoms with Crippen molar-refractivity contribution >= 4 is 5.97 Å². The minimum absolute atomic E-state index is 0.332. The van der Waals surface area contributed by atoms with Gasteiger partial charge >= 0.3 is 5.97 Å². The Morgan fingerprint density at radius 2 is 0.889 bits per heavy atom. The Morgan fingerprint density at radius 3 is 1.19 bits per heavy atom. The molecule has 0 amide bonds. The van der Waals surface area contributed by atoms with Crippen LogP contribution in [-0.4, -0.2) is 11.1 Å². The Bertz CT molecular complexity index is 301. The van der Waals surface area contributed by atoms with E-state index in [-0.39, 0.29) is 0 Å². The van der Waals surface area contributed by atoms with Gasteiger partial charge in [0.2, 0.25) is 0 Å². The van der Waals surface area contributed by atoms with E-state index in [1.165, 1.54) is 122 Å². The quantitative estimate of drug-likeness (QED) is 0.190. The Balaban J connectivity index is 3.06. The summed E-state index contributed by atoms with van der Waals surface area (Å²) in [4.78, 5) is 10.6. The number of hydrogen-bond donors (Lipinski definition) is 1. The fraction of sp³-hybridized carbons (Fsp3) is 0.960. The van der Waals surface area contributed by atoms with E-state index in [9.17, 15) is 4.79 Å². The first-order valence-corrected chi connectivity index (χ1v) is 12.4. The van der Waals surface area contributed by atoms with Crippen molar-refractivity contribution in [3.63, 3.8) is 0 Å². The van der Waals surface area contributed by atoms with Gasteiger partial charge < -0.3 is 5.11 Å². The zero-order valence-corrected chi connectivity index (χ0v) is 18.8. The summed E-state index contributed by atoms with van der Waals surface area (Å²) < 4.78 is 0. The minimum atomic E-state index is -0.652. The highest BCUT2D eigenvalue weighted by Crippen LogP contribution is 2.16. The second-order valence-corrected chi connectivity index (χ2v) is 8.86. The summed E-state index contributed by atoms with van der Waals surface area (Å²) in [6.45, 7) is 4.35. The van der Waals surface area contributed by atoms with Crippen molar-refractivity contribution in [1.29, 1.82) is 0 Å². The Kier molecular flexibility index (Phi) is 21.3. The van der Waals surface area contributed by atoms with Crippen LogP contribution in [0.2, 0.25) is 0 Å². The predicted molar refractivity (Wildman–Crippen MR) is 119 cm³/mol. The first-order chi connectivity index (χ1) is 13.2. The van der Waals surface area contributed by atoms with Crippen LogP contribution < -0.4 is 0 Å². The molecule has 0 aromatic carbocycles. The molecule has 0 rings (SSSR count). The van der Waals surface area contributed by atoms with Crippen LogP contribution >= 0.6 is 0 Å². The minimum Gasteiger partial charge on any atom is -0.481 e. The van der Waals surface area contributed by atoms with Gasteiger partial charge in [-0.05, 0) is 5.92 Å². The number of carbonyl (C=O) groups is 1. The van der Waals surface area contributed by atoms with Gasteiger partial charge in [-0.3, -0.25) is 4.79 Å². The Labute approximate surface area is 170 Å². The van der Waals surface area contributed by atoms with Crippen LogP contribution in [0.25, 0.3) is 0 Å². The van der Waals surface area contributed by atoms with Gasteiger partial charge in [-0.1, -0.05) is 142 Å². The van der Waals surface area contributed by atoms with Crippen LogP contribution in [-0.2, 0) is 4.79 Å². The molecule has 0 saturated heterocycles. The lowest BCUT2D eigenvalue weighted by Gasteiger charge is -2.08. The molecule has 0 aliphatic carbocycles. The maximum absolute atomic E-state index is 10.6. The normalized spacial score (nSPS) is 12.4. The molecule has 27 heavy (non-hydrogen) atoms. The molecule has 0 aliphatic heterocycles. The van der Waals surface area contributed by atoms with Crippen molar-refractivity contribution in [1.82, 2.24) is 0 Å². The molecule has 1 atom stereocenters. The summed E-state index contributed by atoms with van der Waals surface area (Å²) >= 11 is 0. The summed E-state index contributed by atoms with van der Waals surface area (Å²) in [5.41, 5.74) is 0. The molecule has 0 fully saturated rings. The number of aliphatic carboxylic acids is 1. The zero-order valence-electron chi connectivity index (χ0n) is 18.8. The standard InChI is InChI=1S/C25H50O2/c1-3-4-5-6-7-8-9-10-11-12-13-14-15-16-17-18-19-20-21-22-24(2)23-25(26)27/h24H,3-23H2,1-2H3,(H,26,27)/t24-/m1/s1. The van der Waals surface area contributed by atoms with E-state index in [1.54, 1.807) is 0 Å². The van der Waals surface area contributed by atoms with Gasteiger partial charge in [0.1, 0.15) is 0 Å². The monoisotopic (exact) mass is 382 g/mol. The van der Waals surface area contributed by atoms with Gasteiger partial charge in [0, 0.05) is 6.42 Å². The summed E-state index contributed by atoms with van der Waals surface area (Å²) in [6.07, 6.45) is 28.1. The van der Waals surface area contributed by atoms with E-state index in [1.807, 2.05) is 0 Å². The third-order valence-corrected chi connectivity index (χ3v) is 5.82. The highest BCUT2D eigenvalue weighted by atomic mass is 16.4. The lowest BCUT2D eigenvalue weighted by atomic mass is 9.99. The number of hydrogen-bond acceptors (Lipinski definition) is 1. The third-order valence-electron chi connectivity index (χ3n) is 5.82. The van der Waals surface area contributed by atoms with Crippen LogP contribution in [0, 0.1) is 5.92 Å². The topological polar surface area (TPSA) is 37.3 Å². The van der Waals surface area contributed by atoms with Gasteiger partial charge in [-0.25, -0.2) is 0 Å². The summed E-state index contributed by atoms with van der Waals surface area (Å²) in [7, 11) is 0. The fourth-order valence-electron chi connectivity index (χ4n) is 3.97. The van der Waals surface area contributed by atoms with Crippen molar-refractivity contribution in [2.24, 2.45) is 5.92 Å². The molecule has 0 unspecified atom stereocenters. The molecule has 0 radical (unpaired) electrons. The van der Waals surface area contributed by atoms with E-state index < -0.39 is 5.97 Å². The smallest absolute Gasteiger partial charge is 0.303 e. The van der Waals surface area contributed by atoms with Crippen molar-refractivity contribution in [2.45, 2.75) is 149 Å². The van der Waals surface area contributed by atoms with E-state index >= 15 is 0 Å². The largest absolute Gasteiger partial charge is 0.481 e. The molecule has 2 nitrogen and oxygen atoms in total. The first kappa shape index (κ1) is 26.5. The molecule has 0 aliphatic rings. The second-order valence-electron chi connectivity index (χ2n) is 8.86. The molecule has 0 heterocycles. The lowest BCUT2D eigenvalue weighted by molar-refractivity contribution is -0.138. The second kappa shape index (κ2) is 21.8. The van der Waals surface area contributed by atoms with E-state index in [0.717, 1.165) is 6.42 Å². The summed E-state index contributed by atoms with van der Waals surface area (Å²) in [6, 6.07) is 0. The summed E-state index contributed by atoms with van der Waals surface area (Å²) in [5.74, 6) is -0.311. The highest BCUT2D eigenvalue weighted by Gasteiger charge is 2.06. The van der Waals surface area contributed by atoms with Crippen molar-refractivity contribution in [3.05, 3.63) is 0 Å². The molecule has 0 saturated carbocycles. The van der Waals surface area contributed by atoms with Crippen molar-refractivity contribution < 1.29 is 9.90 Å². The van der Waals surface area contributed by atoms with Crippen LogP contribution in [0.4, 0.5) is 0 Å². The molecular weight excluding hydrogens is 332 g/mol. The number of unbranched alkanes of at least 4 members (excludes halogenated alkanes) is 18. The molecule has 0 aromatic rings. The Hall–Kier alpha value is -0.530. The molecule has 0 bridgehead atoms. The van der Waals surface area contributed by atoms with Gasteiger partial charge in [-0.2, -0.15) is 0 Å². The number of carboxylic acid groups (broad SMARTS) is 1. The Morgan fingerprint density at radius 1 is 0.593 bits per heavy atom. The molecule has 1 N–H and O–H groups in total. The van der Waals surface area contributed by atoms with E-state index in [2.05, 4.69) is 13.8 Å². The van der Waals surface area contributed by atoms with Crippen LogP contribution in [0.3, 0.4) is 0 Å². The lowest BCUT2D eigenvalue weighted by Crippen LogP contribution is -2.03. The van der Waals surface area contributed by atoms with Gasteiger partial charge in [-0.15, -0.1) is 0 Å². The van der Waals surface area contributed by atoms with Gasteiger partial charge in [0.25, 0.3) is 0 Å². The van der Waals surface area contributed by atoms with Gasteiger partial charge in [0.05, 0.1) is 0 Å². The van der Waals surface area contributed by atoms with E-state index in [4.69, 9.17) is 5.11 Å². The van der Waals surface area contributed by atoms with Gasteiger partial charge in [0.15, 0.2) is 0 Å². The average molecular weight is 383 g/mol. The van der Waals surface area contributed by atoms with Crippen LogP contribution in [0.15, 0.2) is 0 Å². The van der Waals surface area contributed by atoms with Crippen molar-refractivity contribution in [2.75, 3.05) is 0 Å². The van der Waals surface area contributed by atoms with Crippen LogP contribution in [0.5, 0.6) is 0 Å². The van der Waals surface area contributed by atoms with Crippen LogP contribution in [0.1, 0.15) is 149 Å². The molecule has 162 valence electrons. The zero-order chi connectivity index (χ0) is 20.0. The summed E-state index contributed by atoms with van der Waals surface area (Å²) in [5, 5.41) is 8.74. The molecular formula is C25H50O2. The maximum Gasteiger partial charge on any atom is 0.303 e. The first-order valence-electron chi connectivity index (χ1n) is 12.4. The van der Waals surface area contributed by atoms with E-state index in [0.29, 0.717) is 12.3 Å². The molecule has 0 aromatic heterocycles. The molecule has 0 spiro atoms. The SMILES string of the molecule is CCCCCCCCCCCCCCCCCCCCC[C@@H](C)CC(=O)O. The van der Waals surface area contributed by atoms with Crippen molar-refractivity contribution in [3.8, 4) is 0 Å². The average Bonchev–Trinajstić information content (AvgIpc) is 2.63. The fourth-order valence-corrected chi connectivity index (χ4v) is 3.97. The highest BCUT2D eigenvalue weighted by molar-refractivity contribution is 5.66.